The molecule has 39 heavy (non-hydrogen) atoms. The lowest BCUT2D eigenvalue weighted by molar-refractivity contribution is 0.0871. The largest absolute Gasteiger partial charge is 0.369 e. The summed E-state index contributed by atoms with van der Waals surface area (Å²) in [5.74, 6) is -0.157. The third-order valence-corrected chi connectivity index (χ3v) is 9.07. The second-order valence-corrected chi connectivity index (χ2v) is 19.3. The van der Waals surface area contributed by atoms with Crippen molar-refractivity contribution in [1.29, 1.82) is 0 Å². The predicted octanol–water partition coefficient (Wildman–Crippen LogP) is 5.54. The third-order valence-electron chi connectivity index (χ3n) is 6.21. The Balaban J connectivity index is 1.77. The number of rotatable bonds is 13. The Morgan fingerprint density at radius 3 is 2.44 bits per heavy atom. The molecule has 8 nitrogen and oxygen atoms in total. The molecule has 2 aromatic carbocycles. The van der Waals surface area contributed by atoms with Crippen molar-refractivity contribution in [2.24, 2.45) is 5.92 Å². The molecule has 0 atom stereocenters. The Hall–Kier alpha value is -2.95. The van der Waals surface area contributed by atoms with Crippen LogP contribution in [0.1, 0.15) is 29.9 Å². The monoisotopic (exact) mass is 570 g/mol. The second-order valence-electron chi connectivity index (χ2n) is 11.7. The van der Waals surface area contributed by atoms with Crippen LogP contribution in [-0.2, 0) is 27.8 Å². The van der Waals surface area contributed by atoms with Crippen molar-refractivity contribution in [3.63, 3.8) is 0 Å². The minimum atomic E-state index is -3.56. The molecule has 0 bridgehead atoms. The van der Waals surface area contributed by atoms with Gasteiger partial charge in [-0.05, 0) is 42.3 Å². The van der Waals surface area contributed by atoms with E-state index in [1.807, 2.05) is 55.9 Å². The molecule has 1 aromatic heterocycles. The summed E-state index contributed by atoms with van der Waals surface area (Å²) in [4.78, 5) is 22.0. The van der Waals surface area contributed by atoms with Crippen molar-refractivity contribution in [2.45, 2.75) is 57.7 Å². The van der Waals surface area contributed by atoms with Crippen molar-refractivity contribution in [2.75, 3.05) is 36.3 Å². The highest BCUT2D eigenvalue weighted by Crippen LogP contribution is 2.27. The molecule has 0 aliphatic heterocycles. The molecule has 0 spiro atoms. The number of hydrogen-bond acceptors (Lipinski definition) is 6. The van der Waals surface area contributed by atoms with Gasteiger partial charge in [-0.3, -0.25) is 4.79 Å². The Labute approximate surface area is 234 Å². The first-order valence-corrected chi connectivity index (χ1v) is 18.8. The lowest BCUT2D eigenvalue weighted by Gasteiger charge is -2.27. The Morgan fingerprint density at radius 2 is 1.77 bits per heavy atom. The van der Waals surface area contributed by atoms with E-state index in [2.05, 4.69) is 29.5 Å². The molecule has 0 aliphatic carbocycles. The van der Waals surface area contributed by atoms with E-state index in [-0.39, 0.29) is 22.3 Å². The van der Waals surface area contributed by atoms with Crippen molar-refractivity contribution in [1.82, 2.24) is 9.55 Å². The highest BCUT2D eigenvalue weighted by Gasteiger charge is 2.25. The molecule has 0 radical (unpaired) electrons. The van der Waals surface area contributed by atoms with Crippen LogP contribution in [0.3, 0.4) is 0 Å². The number of imidazole rings is 1. The highest BCUT2D eigenvalue weighted by molar-refractivity contribution is 7.90. The molecule has 0 unspecified atom stereocenters. The standard InChI is InChI=1S/C29H42N4O4SSi/c1-23(2)18-33(29(34)27-13-8-9-14-28(27)38(4,35)36)26-12-10-11-25(17-26)31(3)19-24-20-32(21-30-24)22-37-15-16-39(5,6)7/h8-14,17,20-21,23H,15-16,18-19,22H2,1-7H3. The van der Waals surface area contributed by atoms with E-state index in [4.69, 9.17) is 4.74 Å². The summed E-state index contributed by atoms with van der Waals surface area (Å²) in [6.45, 7) is 13.4. The Kier molecular flexibility index (Phi) is 10.1. The molecule has 10 heteroatoms. The van der Waals surface area contributed by atoms with Gasteiger partial charge in [-0.2, -0.15) is 0 Å². The lowest BCUT2D eigenvalue weighted by Crippen LogP contribution is -2.35. The first kappa shape index (κ1) is 30.6. The zero-order valence-electron chi connectivity index (χ0n) is 24.2. The highest BCUT2D eigenvalue weighted by atomic mass is 32.2. The van der Waals surface area contributed by atoms with E-state index < -0.39 is 17.9 Å². The molecule has 3 aromatic rings. The normalized spacial score (nSPS) is 12.1. The van der Waals surface area contributed by atoms with Crippen LogP contribution in [0.4, 0.5) is 11.4 Å². The smallest absolute Gasteiger partial charge is 0.259 e. The summed E-state index contributed by atoms with van der Waals surface area (Å²) in [7, 11) is -2.70. The number of hydrogen-bond donors (Lipinski definition) is 0. The van der Waals surface area contributed by atoms with Crippen LogP contribution in [-0.4, -0.2) is 58.4 Å². The molecule has 0 saturated carbocycles. The summed E-state index contributed by atoms with van der Waals surface area (Å²) < 4.78 is 32.5. The van der Waals surface area contributed by atoms with Gasteiger partial charge in [-0.15, -0.1) is 0 Å². The average Bonchev–Trinajstić information content (AvgIpc) is 3.30. The van der Waals surface area contributed by atoms with Gasteiger partial charge in [-0.1, -0.05) is 51.7 Å². The first-order chi connectivity index (χ1) is 18.2. The molecule has 0 aliphatic rings. The number of aromatic nitrogens is 2. The molecule has 3 rings (SSSR count). The fourth-order valence-electron chi connectivity index (χ4n) is 4.12. The van der Waals surface area contributed by atoms with E-state index in [0.717, 1.165) is 30.3 Å². The fourth-order valence-corrected chi connectivity index (χ4v) is 5.76. The number of amides is 1. The van der Waals surface area contributed by atoms with E-state index >= 15 is 0 Å². The van der Waals surface area contributed by atoms with Gasteiger partial charge in [0.15, 0.2) is 9.84 Å². The number of anilines is 2. The predicted molar refractivity (Wildman–Crippen MR) is 161 cm³/mol. The minimum absolute atomic E-state index is 0.0390. The quantitative estimate of drug-likeness (QED) is 0.198. The zero-order valence-corrected chi connectivity index (χ0v) is 26.0. The van der Waals surface area contributed by atoms with Crippen molar-refractivity contribution in [3.05, 3.63) is 72.3 Å². The fraction of sp³-hybridized carbons (Fsp3) is 0.448. The number of carbonyl (C=O) groups is 1. The van der Waals surface area contributed by atoms with E-state index in [0.29, 0.717) is 25.5 Å². The maximum atomic E-state index is 13.7. The van der Waals surface area contributed by atoms with E-state index in [1.54, 1.807) is 29.4 Å². The third kappa shape index (κ3) is 9.05. The second kappa shape index (κ2) is 12.9. The van der Waals surface area contributed by atoms with Crippen molar-refractivity contribution >= 4 is 35.2 Å². The summed E-state index contributed by atoms with van der Waals surface area (Å²) in [5, 5.41) is 0. The molecular formula is C29H42N4O4SSi. The molecule has 212 valence electrons. The van der Waals surface area contributed by atoms with Gasteiger partial charge in [-0.25, -0.2) is 13.4 Å². The van der Waals surface area contributed by atoms with Crippen LogP contribution in [0.15, 0.2) is 66.0 Å². The lowest BCUT2D eigenvalue weighted by atomic mass is 10.1. The number of benzene rings is 2. The summed E-state index contributed by atoms with van der Waals surface area (Å²) in [6.07, 6.45) is 4.91. The maximum absolute atomic E-state index is 13.7. The van der Waals surface area contributed by atoms with Crippen LogP contribution < -0.4 is 9.80 Å². The van der Waals surface area contributed by atoms with Gasteiger partial charge in [0, 0.05) is 52.1 Å². The summed E-state index contributed by atoms with van der Waals surface area (Å²) in [5.41, 5.74) is 2.72. The number of carbonyl (C=O) groups excluding carboxylic acids is 1. The Morgan fingerprint density at radius 1 is 1.08 bits per heavy atom. The van der Waals surface area contributed by atoms with Crippen LogP contribution >= 0.6 is 0 Å². The molecule has 0 fully saturated rings. The molecular weight excluding hydrogens is 528 g/mol. The van der Waals surface area contributed by atoms with Gasteiger partial charge in [0.2, 0.25) is 0 Å². The molecule has 0 N–H and O–H groups in total. The van der Waals surface area contributed by atoms with Crippen molar-refractivity contribution < 1.29 is 17.9 Å². The van der Waals surface area contributed by atoms with Crippen LogP contribution in [0.5, 0.6) is 0 Å². The van der Waals surface area contributed by atoms with Crippen molar-refractivity contribution in [3.8, 4) is 0 Å². The summed E-state index contributed by atoms with van der Waals surface area (Å²) in [6, 6.07) is 15.3. The Bertz CT molecular complexity index is 1370. The first-order valence-electron chi connectivity index (χ1n) is 13.2. The van der Waals surface area contributed by atoms with Gasteiger partial charge >= 0.3 is 0 Å². The van der Waals surface area contributed by atoms with Crippen LogP contribution in [0.2, 0.25) is 25.7 Å². The maximum Gasteiger partial charge on any atom is 0.259 e. The average molecular weight is 571 g/mol. The molecule has 0 saturated heterocycles. The number of ether oxygens (including phenoxy) is 1. The van der Waals surface area contributed by atoms with Crippen LogP contribution in [0.25, 0.3) is 0 Å². The number of nitrogens with zero attached hydrogens (tertiary/aromatic N) is 4. The van der Waals surface area contributed by atoms with Gasteiger partial charge in [0.25, 0.3) is 5.91 Å². The van der Waals surface area contributed by atoms with Crippen LogP contribution in [0, 0.1) is 5.92 Å². The SMILES string of the molecule is CC(C)CN(C(=O)c1ccccc1S(C)(=O)=O)c1cccc(N(C)Cc2cn(COCC[Si](C)(C)C)cn2)c1. The minimum Gasteiger partial charge on any atom is -0.369 e. The molecule has 1 heterocycles. The topological polar surface area (TPSA) is 84.7 Å². The molecule has 1 amide bonds. The van der Waals surface area contributed by atoms with Gasteiger partial charge in [0.1, 0.15) is 6.73 Å². The van der Waals surface area contributed by atoms with E-state index in [1.165, 1.54) is 6.07 Å². The van der Waals surface area contributed by atoms with E-state index in [9.17, 15) is 13.2 Å². The zero-order chi connectivity index (χ0) is 28.8. The van der Waals surface area contributed by atoms with Gasteiger partial charge in [0.05, 0.1) is 29.0 Å². The number of sulfone groups is 1. The summed E-state index contributed by atoms with van der Waals surface area (Å²) >= 11 is 0. The van der Waals surface area contributed by atoms with Gasteiger partial charge < -0.3 is 19.1 Å².